The van der Waals surface area contributed by atoms with E-state index in [0.717, 1.165) is 0 Å². The topological polar surface area (TPSA) is 49.7 Å². The van der Waals surface area contributed by atoms with Crippen LogP contribution in [0.4, 0.5) is 0 Å². The highest BCUT2D eigenvalue weighted by atomic mass is 16.2. The number of hydrogen-bond acceptors (Lipinski definition) is 3. The van der Waals surface area contributed by atoms with Crippen molar-refractivity contribution in [3.63, 3.8) is 0 Å². The van der Waals surface area contributed by atoms with Gasteiger partial charge in [0.2, 0.25) is 0 Å². The highest BCUT2D eigenvalue weighted by Crippen LogP contribution is 2.26. The average Bonchev–Trinajstić information content (AvgIpc) is 2.99. The predicted molar refractivity (Wildman–Crippen MR) is 49.2 cm³/mol. The Hall–Kier alpha value is -1.97. The van der Waals surface area contributed by atoms with Crippen molar-refractivity contribution in [2.75, 3.05) is 0 Å². The number of carbonyl (C=O) groups is 2. The number of benzene rings is 1. The first-order valence-corrected chi connectivity index (χ1v) is 4.29. The number of rotatable bonds is 1. The molecule has 0 saturated carbocycles. The molecule has 0 radical (unpaired) electrons. The summed E-state index contributed by atoms with van der Waals surface area (Å²) < 4.78 is 0. The third kappa shape index (κ3) is 0.797. The fourth-order valence-corrected chi connectivity index (χ4v) is 1.62. The molecule has 2 aliphatic heterocycles. The van der Waals surface area contributed by atoms with Crippen LogP contribution >= 0.6 is 0 Å². The van der Waals surface area contributed by atoms with E-state index in [1.54, 1.807) is 30.5 Å². The van der Waals surface area contributed by atoms with Crippen LogP contribution < -0.4 is 0 Å². The molecule has 0 aliphatic carbocycles. The quantitative estimate of drug-likeness (QED) is 0.606. The number of nitrogens with zero attached hydrogens (tertiary/aromatic N) is 2. The maximum atomic E-state index is 11.7. The Labute approximate surface area is 79.9 Å². The molecule has 1 aromatic rings. The molecule has 2 heterocycles. The molecule has 0 fully saturated rings. The molecule has 0 bridgehead atoms. The summed E-state index contributed by atoms with van der Waals surface area (Å²) in [6.07, 6.45) is 1.25. The van der Waals surface area contributed by atoms with Crippen LogP contribution in [0.15, 0.2) is 29.3 Å². The molecule has 0 spiro atoms. The van der Waals surface area contributed by atoms with Gasteiger partial charge in [-0.05, 0) is 12.1 Å². The van der Waals surface area contributed by atoms with E-state index < -0.39 is 0 Å². The molecule has 2 amide bonds. The molecule has 0 N–H and O–H groups in total. The molecule has 1 aromatic carbocycles. The molecule has 68 valence electrons. The lowest BCUT2D eigenvalue weighted by Crippen LogP contribution is -2.33. The normalized spacial score (nSPS) is 22.9. The smallest absolute Gasteiger partial charge is 0.263 e. The molecule has 4 nitrogen and oxygen atoms in total. The maximum absolute atomic E-state index is 11.7. The van der Waals surface area contributed by atoms with Crippen molar-refractivity contribution in [1.29, 1.82) is 0 Å². The molecule has 0 saturated heterocycles. The van der Waals surface area contributed by atoms with E-state index in [-0.39, 0.29) is 18.0 Å². The molecule has 0 aromatic heterocycles. The Morgan fingerprint density at radius 2 is 1.57 bits per heavy atom. The lowest BCUT2D eigenvalue weighted by Gasteiger charge is -2.09. The van der Waals surface area contributed by atoms with E-state index in [1.807, 2.05) is 0 Å². The van der Waals surface area contributed by atoms with Crippen LogP contribution in [0.25, 0.3) is 0 Å². The lowest BCUT2D eigenvalue weighted by atomic mass is 10.1. The third-order valence-electron chi connectivity index (χ3n) is 2.37. The van der Waals surface area contributed by atoms with Gasteiger partial charge in [-0.1, -0.05) is 12.1 Å². The Morgan fingerprint density at radius 1 is 1.07 bits per heavy atom. The van der Waals surface area contributed by atoms with E-state index in [4.69, 9.17) is 0 Å². The van der Waals surface area contributed by atoms with Crippen molar-refractivity contribution < 1.29 is 9.59 Å². The Morgan fingerprint density at radius 3 is 2.00 bits per heavy atom. The van der Waals surface area contributed by atoms with Crippen molar-refractivity contribution in [3.8, 4) is 0 Å². The Balaban J connectivity index is 2.12. The monoisotopic (exact) mass is 186 g/mol. The van der Waals surface area contributed by atoms with Gasteiger partial charge in [0, 0.05) is 6.21 Å². The zero-order chi connectivity index (χ0) is 9.71. The summed E-state index contributed by atoms with van der Waals surface area (Å²) in [4.78, 5) is 28.4. The second-order valence-electron chi connectivity index (χ2n) is 3.24. The SMILES string of the molecule is O=C1c2ccccc2C(=O)N1C1C=N1. The summed E-state index contributed by atoms with van der Waals surface area (Å²) in [6, 6.07) is 6.83. The van der Waals surface area contributed by atoms with Crippen LogP contribution in [-0.2, 0) is 0 Å². The number of aliphatic imine (C=N–C) groups is 1. The van der Waals surface area contributed by atoms with Crippen molar-refractivity contribution in [3.05, 3.63) is 35.4 Å². The van der Waals surface area contributed by atoms with E-state index >= 15 is 0 Å². The molecule has 14 heavy (non-hydrogen) atoms. The van der Waals surface area contributed by atoms with Crippen LogP contribution in [0.2, 0.25) is 0 Å². The number of hydrogen-bond donors (Lipinski definition) is 0. The van der Waals surface area contributed by atoms with Crippen molar-refractivity contribution in [2.45, 2.75) is 6.17 Å². The minimum absolute atomic E-state index is 0.242. The molecular weight excluding hydrogens is 180 g/mol. The van der Waals surface area contributed by atoms with Gasteiger partial charge in [-0.15, -0.1) is 0 Å². The van der Waals surface area contributed by atoms with Gasteiger partial charge < -0.3 is 0 Å². The molecule has 4 heteroatoms. The molecule has 1 atom stereocenters. The first-order chi connectivity index (χ1) is 6.79. The van der Waals surface area contributed by atoms with Crippen LogP contribution in [0, 0.1) is 0 Å². The largest absolute Gasteiger partial charge is 0.268 e. The van der Waals surface area contributed by atoms with Crippen LogP contribution in [-0.4, -0.2) is 29.1 Å². The minimum atomic E-state index is -0.331. The molecule has 3 rings (SSSR count). The molecular formula is C10H6N2O2. The standard InChI is InChI=1S/C10H6N2O2/c13-9-6-3-1-2-4-7(6)10(14)12(9)8-5-11-8/h1-5,8H. The van der Waals surface area contributed by atoms with Crippen LogP contribution in [0.5, 0.6) is 0 Å². The number of fused-ring (bicyclic) bond motifs is 1. The summed E-state index contributed by atoms with van der Waals surface area (Å²) in [7, 11) is 0. The van der Waals surface area contributed by atoms with Crippen molar-refractivity contribution >= 4 is 18.0 Å². The fourth-order valence-electron chi connectivity index (χ4n) is 1.62. The van der Waals surface area contributed by atoms with Crippen LogP contribution in [0.1, 0.15) is 20.7 Å². The highest BCUT2D eigenvalue weighted by molar-refractivity contribution is 6.23. The lowest BCUT2D eigenvalue weighted by molar-refractivity contribution is 0.0649. The van der Waals surface area contributed by atoms with Gasteiger partial charge in [-0.25, -0.2) is 4.90 Å². The van der Waals surface area contributed by atoms with Gasteiger partial charge >= 0.3 is 0 Å². The summed E-state index contributed by atoms with van der Waals surface area (Å²) in [5, 5.41) is 0. The van der Waals surface area contributed by atoms with Crippen molar-refractivity contribution in [1.82, 2.24) is 4.90 Å². The van der Waals surface area contributed by atoms with Crippen molar-refractivity contribution in [2.24, 2.45) is 4.99 Å². The molecule has 1 unspecified atom stereocenters. The van der Waals surface area contributed by atoms with E-state index in [9.17, 15) is 9.59 Å². The zero-order valence-electron chi connectivity index (χ0n) is 7.18. The summed E-state index contributed by atoms with van der Waals surface area (Å²) in [6.45, 7) is 0. The molecule has 2 aliphatic rings. The van der Waals surface area contributed by atoms with Gasteiger partial charge in [0.1, 0.15) is 0 Å². The third-order valence-corrected chi connectivity index (χ3v) is 2.37. The number of amides is 2. The van der Waals surface area contributed by atoms with Gasteiger partial charge in [-0.3, -0.25) is 14.6 Å². The average molecular weight is 186 g/mol. The first-order valence-electron chi connectivity index (χ1n) is 4.29. The van der Waals surface area contributed by atoms with E-state index in [1.165, 1.54) is 4.90 Å². The number of imide groups is 1. The first kappa shape index (κ1) is 7.44. The highest BCUT2D eigenvalue weighted by Gasteiger charge is 2.41. The van der Waals surface area contributed by atoms with E-state index in [0.29, 0.717) is 11.1 Å². The second-order valence-corrected chi connectivity index (χ2v) is 3.24. The number of carbonyl (C=O) groups excluding carboxylic acids is 2. The van der Waals surface area contributed by atoms with Gasteiger partial charge in [-0.2, -0.15) is 0 Å². The fraction of sp³-hybridized carbons (Fsp3) is 0.100. The maximum Gasteiger partial charge on any atom is 0.263 e. The van der Waals surface area contributed by atoms with Crippen LogP contribution in [0.3, 0.4) is 0 Å². The summed E-state index contributed by atoms with van der Waals surface area (Å²) >= 11 is 0. The summed E-state index contributed by atoms with van der Waals surface area (Å²) in [5.74, 6) is -0.485. The Bertz CT molecular complexity index is 438. The van der Waals surface area contributed by atoms with Gasteiger partial charge in [0.15, 0.2) is 6.17 Å². The van der Waals surface area contributed by atoms with Gasteiger partial charge in [0.05, 0.1) is 11.1 Å². The summed E-state index contributed by atoms with van der Waals surface area (Å²) in [5.41, 5.74) is 0.959. The predicted octanol–water partition coefficient (Wildman–Crippen LogP) is 0.693. The minimum Gasteiger partial charge on any atom is -0.268 e. The van der Waals surface area contributed by atoms with Gasteiger partial charge in [0.25, 0.3) is 11.8 Å². The van der Waals surface area contributed by atoms with E-state index in [2.05, 4.69) is 4.99 Å². The Kier molecular flexibility index (Phi) is 1.21. The second kappa shape index (κ2) is 2.29. The zero-order valence-corrected chi connectivity index (χ0v) is 7.18.